The number of ether oxygens (including phenoxy) is 3. The molecule has 1 N–H and O–H groups in total. The van der Waals surface area contributed by atoms with E-state index in [9.17, 15) is 14.7 Å². The number of hydrogen-bond donors (Lipinski definition) is 1. The van der Waals surface area contributed by atoms with Crippen LogP contribution in [-0.2, 0) is 21.8 Å². The van der Waals surface area contributed by atoms with E-state index in [1.807, 2.05) is 51.1 Å². The number of Topliss-reactive ketones (excluding diaryl/α,β-unsaturated/α-hetero) is 1. The van der Waals surface area contributed by atoms with Crippen LogP contribution in [0.4, 0.5) is 5.13 Å². The van der Waals surface area contributed by atoms with Crippen LogP contribution >= 0.6 is 34.7 Å². The van der Waals surface area contributed by atoms with Crippen LogP contribution in [0.2, 0.25) is 5.02 Å². The molecule has 0 saturated carbocycles. The molecule has 0 radical (unpaired) electrons. The Balaban J connectivity index is 1.42. The van der Waals surface area contributed by atoms with Gasteiger partial charge in [0.15, 0.2) is 15.8 Å². The van der Waals surface area contributed by atoms with Gasteiger partial charge in [0, 0.05) is 22.8 Å². The first-order valence-electron chi connectivity index (χ1n) is 15.0. The molecule has 12 heteroatoms. The Kier molecular flexibility index (Phi) is 9.53. The SMILES string of the molecule is CCCOc1ccc(C2C(=C(O)c3ccc4c(c3)CC(C)O4)C(=O)C(=O)N2c2nnc(SCc3ccc(Cl)cc3)s2)cc1OCC. The fourth-order valence-corrected chi connectivity index (χ4v) is 7.40. The lowest BCUT2D eigenvalue weighted by molar-refractivity contribution is -0.132. The van der Waals surface area contributed by atoms with Crippen molar-refractivity contribution in [3.63, 3.8) is 0 Å². The summed E-state index contributed by atoms with van der Waals surface area (Å²) in [5.74, 6) is 0.475. The van der Waals surface area contributed by atoms with Gasteiger partial charge in [0.25, 0.3) is 5.78 Å². The summed E-state index contributed by atoms with van der Waals surface area (Å²) in [6.07, 6.45) is 1.49. The van der Waals surface area contributed by atoms with Gasteiger partial charge in [-0.05, 0) is 79.4 Å². The number of fused-ring (bicyclic) bond motifs is 1. The number of nitrogens with zero attached hydrogens (tertiary/aromatic N) is 3. The van der Waals surface area contributed by atoms with Crippen molar-refractivity contribution in [3.8, 4) is 17.2 Å². The Morgan fingerprint density at radius 2 is 1.87 bits per heavy atom. The minimum Gasteiger partial charge on any atom is -0.507 e. The molecule has 1 fully saturated rings. The number of aliphatic hydroxyl groups excluding tert-OH is 1. The minimum absolute atomic E-state index is 0.00700. The van der Waals surface area contributed by atoms with E-state index in [-0.39, 0.29) is 22.6 Å². The van der Waals surface area contributed by atoms with Crippen LogP contribution in [0.15, 0.2) is 70.6 Å². The molecule has 3 aromatic carbocycles. The summed E-state index contributed by atoms with van der Waals surface area (Å²) < 4.78 is 18.3. The zero-order chi connectivity index (χ0) is 32.4. The van der Waals surface area contributed by atoms with Gasteiger partial charge in [-0.1, -0.05) is 59.8 Å². The molecule has 0 spiro atoms. The average molecular weight is 678 g/mol. The highest BCUT2D eigenvalue weighted by Crippen LogP contribution is 2.46. The molecule has 2 unspecified atom stereocenters. The molecule has 2 atom stereocenters. The van der Waals surface area contributed by atoms with Crippen molar-refractivity contribution in [2.45, 2.75) is 55.9 Å². The molecule has 9 nitrogen and oxygen atoms in total. The summed E-state index contributed by atoms with van der Waals surface area (Å²) in [5.41, 5.74) is 2.90. The largest absolute Gasteiger partial charge is 0.507 e. The number of benzene rings is 3. The third-order valence-corrected chi connectivity index (χ3v) is 9.92. The summed E-state index contributed by atoms with van der Waals surface area (Å²) in [4.78, 5) is 28.9. The highest BCUT2D eigenvalue weighted by Gasteiger charge is 2.48. The molecule has 1 amide bonds. The monoisotopic (exact) mass is 677 g/mol. The van der Waals surface area contributed by atoms with Crippen LogP contribution in [0.3, 0.4) is 0 Å². The number of amides is 1. The number of anilines is 1. The molecule has 4 aromatic rings. The molecule has 1 aromatic heterocycles. The number of carbonyl (C=O) groups excluding carboxylic acids is 2. The van der Waals surface area contributed by atoms with Crippen molar-refractivity contribution in [2.75, 3.05) is 18.1 Å². The van der Waals surface area contributed by atoms with Gasteiger partial charge in [0.05, 0.1) is 24.8 Å². The summed E-state index contributed by atoms with van der Waals surface area (Å²) in [6, 6.07) is 17.1. The van der Waals surface area contributed by atoms with Crippen LogP contribution in [0, 0.1) is 0 Å². The highest BCUT2D eigenvalue weighted by molar-refractivity contribution is 8.00. The van der Waals surface area contributed by atoms with Crippen LogP contribution in [0.1, 0.15) is 55.5 Å². The molecule has 238 valence electrons. The molecule has 0 bridgehead atoms. The van der Waals surface area contributed by atoms with Gasteiger partial charge in [-0.25, -0.2) is 0 Å². The maximum atomic E-state index is 13.8. The van der Waals surface area contributed by atoms with E-state index in [0.717, 1.165) is 23.3 Å². The Morgan fingerprint density at radius 1 is 1.07 bits per heavy atom. The van der Waals surface area contributed by atoms with Crippen LogP contribution in [0.25, 0.3) is 5.76 Å². The Hall–Kier alpha value is -4.06. The first-order chi connectivity index (χ1) is 22.3. The first kappa shape index (κ1) is 31.9. The summed E-state index contributed by atoms with van der Waals surface area (Å²) in [5, 5.41) is 21.3. The van der Waals surface area contributed by atoms with Crippen molar-refractivity contribution in [1.29, 1.82) is 0 Å². The third-order valence-electron chi connectivity index (χ3n) is 7.54. The van der Waals surface area contributed by atoms with Crippen molar-refractivity contribution in [3.05, 3.63) is 93.5 Å². The van der Waals surface area contributed by atoms with Gasteiger partial charge in [0.1, 0.15) is 17.6 Å². The summed E-state index contributed by atoms with van der Waals surface area (Å²) in [7, 11) is 0. The maximum Gasteiger partial charge on any atom is 0.301 e. The van der Waals surface area contributed by atoms with E-state index < -0.39 is 17.7 Å². The number of rotatable bonds is 11. The second-order valence-corrected chi connectivity index (χ2v) is 13.5. The maximum absolute atomic E-state index is 13.8. The van der Waals surface area contributed by atoms with Gasteiger partial charge < -0.3 is 19.3 Å². The number of ketones is 1. The number of aliphatic hydroxyl groups is 1. The number of carbonyl (C=O) groups is 2. The van der Waals surface area contributed by atoms with Crippen LogP contribution < -0.4 is 19.1 Å². The van der Waals surface area contributed by atoms with E-state index in [0.29, 0.717) is 57.4 Å². The van der Waals surface area contributed by atoms with E-state index in [1.54, 1.807) is 30.3 Å². The van der Waals surface area contributed by atoms with E-state index in [1.165, 1.54) is 28.0 Å². The van der Waals surface area contributed by atoms with Gasteiger partial charge >= 0.3 is 5.91 Å². The van der Waals surface area contributed by atoms with E-state index in [2.05, 4.69) is 10.2 Å². The summed E-state index contributed by atoms with van der Waals surface area (Å²) >= 11 is 8.69. The predicted octanol–water partition coefficient (Wildman–Crippen LogP) is 7.62. The number of halogens is 1. The van der Waals surface area contributed by atoms with Crippen molar-refractivity contribution < 1.29 is 28.9 Å². The molecular weight excluding hydrogens is 646 g/mol. The Morgan fingerprint density at radius 3 is 2.63 bits per heavy atom. The van der Waals surface area contributed by atoms with Gasteiger partial charge in [0.2, 0.25) is 5.13 Å². The molecular formula is C34H32ClN3O6S2. The number of hydrogen-bond acceptors (Lipinski definition) is 10. The highest BCUT2D eigenvalue weighted by atomic mass is 35.5. The first-order valence-corrected chi connectivity index (χ1v) is 17.2. The van der Waals surface area contributed by atoms with E-state index in [4.69, 9.17) is 25.8 Å². The second kappa shape index (κ2) is 13.7. The molecule has 2 aliphatic rings. The fourth-order valence-electron chi connectivity index (χ4n) is 5.45. The Labute approximate surface area is 280 Å². The third kappa shape index (κ3) is 6.44. The lowest BCUT2D eigenvalue weighted by Gasteiger charge is -2.23. The average Bonchev–Trinajstić information content (AvgIpc) is 3.74. The Bertz CT molecular complexity index is 1810. The van der Waals surface area contributed by atoms with Crippen molar-refractivity contribution >= 4 is 57.3 Å². The zero-order valence-corrected chi connectivity index (χ0v) is 27.9. The number of thioether (sulfide) groups is 1. The summed E-state index contributed by atoms with van der Waals surface area (Å²) in [6.45, 7) is 6.73. The zero-order valence-electron chi connectivity index (χ0n) is 25.5. The predicted molar refractivity (Wildman–Crippen MR) is 179 cm³/mol. The molecule has 0 aliphatic carbocycles. The van der Waals surface area contributed by atoms with Crippen LogP contribution in [-0.4, -0.2) is 46.3 Å². The molecule has 1 saturated heterocycles. The molecule has 2 aliphatic heterocycles. The van der Waals surface area contributed by atoms with Crippen molar-refractivity contribution in [2.24, 2.45) is 0 Å². The van der Waals surface area contributed by atoms with Gasteiger partial charge in [-0.15, -0.1) is 10.2 Å². The topological polar surface area (TPSA) is 111 Å². The van der Waals surface area contributed by atoms with Crippen molar-refractivity contribution in [1.82, 2.24) is 10.2 Å². The van der Waals surface area contributed by atoms with Gasteiger partial charge in [-0.2, -0.15) is 0 Å². The number of aromatic nitrogens is 2. The van der Waals surface area contributed by atoms with E-state index >= 15 is 0 Å². The molecule has 46 heavy (non-hydrogen) atoms. The lowest BCUT2D eigenvalue weighted by atomic mass is 9.94. The van der Waals surface area contributed by atoms with Gasteiger partial charge in [-0.3, -0.25) is 14.5 Å². The lowest BCUT2D eigenvalue weighted by Crippen LogP contribution is -2.29. The molecule has 6 rings (SSSR count). The molecule has 3 heterocycles. The quantitative estimate of drug-likeness (QED) is 0.0563. The minimum atomic E-state index is -0.995. The second-order valence-electron chi connectivity index (χ2n) is 10.9. The fraction of sp³-hybridized carbons (Fsp3) is 0.294. The smallest absolute Gasteiger partial charge is 0.301 e. The normalized spacial score (nSPS) is 18.5. The standard InChI is InChI=1S/C34H32ClN3O6S2/c1-4-14-43-26-13-8-21(17-27(26)42-5-2)29-28(30(39)22-9-12-25-23(16-22)15-19(3)44-25)31(40)32(41)38(29)33-36-37-34(46-33)45-18-20-6-10-24(35)11-7-20/h6-13,16-17,19,29,39H,4-5,14-15,18H2,1-3H3. The van der Waals surface area contributed by atoms with Crippen LogP contribution in [0.5, 0.6) is 17.2 Å².